The second-order valence-electron chi connectivity index (χ2n) is 18.6. The molecule has 0 saturated carbocycles. The Hall–Kier alpha value is -2.94. The number of rotatable bonds is 36. The summed E-state index contributed by atoms with van der Waals surface area (Å²) in [7, 11) is 0. The summed E-state index contributed by atoms with van der Waals surface area (Å²) in [5.41, 5.74) is 3.62. The number of unbranched alkanes of at least 4 members (excludes halogenated alkanes) is 27. The van der Waals surface area contributed by atoms with Crippen molar-refractivity contribution in [3.05, 3.63) is 53.1 Å². The fraction of sp³-hybridized carbons (Fsp3) is 0.684. The van der Waals surface area contributed by atoms with Crippen molar-refractivity contribution < 1.29 is 14.2 Å². The van der Waals surface area contributed by atoms with Gasteiger partial charge in [0, 0.05) is 0 Å². The van der Waals surface area contributed by atoms with Gasteiger partial charge in [0.05, 0.1) is 19.8 Å². The summed E-state index contributed by atoms with van der Waals surface area (Å²) < 4.78 is 19.7. The van der Waals surface area contributed by atoms with E-state index in [4.69, 9.17) is 14.2 Å². The lowest BCUT2D eigenvalue weighted by molar-refractivity contribution is 0.303. The van der Waals surface area contributed by atoms with E-state index < -0.39 is 0 Å². The Morgan fingerprint density at radius 2 is 0.433 bits per heavy atom. The zero-order valence-electron chi connectivity index (χ0n) is 40.0. The van der Waals surface area contributed by atoms with Gasteiger partial charge in [-0.05, 0) is 125 Å². The highest BCUT2D eigenvalue weighted by molar-refractivity contribution is 6.26. The van der Waals surface area contributed by atoms with Gasteiger partial charge < -0.3 is 14.2 Å². The molecule has 0 aromatic heterocycles. The molecule has 4 aromatic rings. The summed E-state index contributed by atoms with van der Waals surface area (Å²) >= 11 is 0. The predicted octanol–water partition coefficient (Wildman–Crippen LogP) is 19.0. The minimum Gasteiger partial charge on any atom is -0.493 e. The summed E-state index contributed by atoms with van der Waals surface area (Å²) in [6, 6.07) is 14.1. The molecule has 0 N–H and O–H groups in total. The van der Waals surface area contributed by atoms with Crippen LogP contribution in [0.25, 0.3) is 32.3 Å². The smallest absolute Gasteiger partial charge is 0.122 e. The molecule has 4 rings (SSSR count). The minimum absolute atomic E-state index is 0.778. The molecule has 0 spiro atoms. The van der Waals surface area contributed by atoms with Crippen LogP contribution in [-0.2, 0) is 0 Å². The van der Waals surface area contributed by atoms with Crippen molar-refractivity contribution in [3.8, 4) is 17.2 Å². The molecule has 0 amide bonds. The van der Waals surface area contributed by atoms with Crippen LogP contribution in [0.3, 0.4) is 0 Å². The molecule has 3 heteroatoms. The average Bonchev–Trinajstić information content (AvgIpc) is 3.24. The van der Waals surface area contributed by atoms with Crippen LogP contribution < -0.4 is 14.2 Å². The van der Waals surface area contributed by atoms with Crippen LogP contribution in [0.2, 0.25) is 0 Å². The van der Waals surface area contributed by atoms with E-state index in [1.807, 2.05) is 0 Å². The lowest BCUT2D eigenvalue weighted by Gasteiger charge is -2.19. The first-order valence-electron chi connectivity index (χ1n) is 25.8. The molecule has 336 valence electrons. The predicted molar refractivity (Wildman–Crippen MR) is 265 cm³/mol. The number of fused-ring (bicyclic) bond motifs is 6. The van der Waals surface area contributed by atoms with Crippen molar-refractivity contribution >= 4 is 32.3 Å². The van der Waals surface area contributed by atoms with E-state index in [-0.39, 0.29) is 0 Å². The number of ether oxygens (including phenoxy) is 3. The van der Waals surface area contributed by atoms with Crippen LogP contribution in [-0.4, -0.2) is 19.8 Å². The molecule has 0 bridgehead atoms. The number of aryl methyl sites for hydroxylation is 3. The maximum atomic E-state index is 6.57. The first-order valence-corrected chi connectivity index (χ1v) is 25.8. The Labute approximate surface area is 369 Å². The van der Waals surface area contributed by atoms with Gasteiger partial charge in [0.25, 0.3) is 0 Å². The van der Waals surface area contributed by atoms with Gasteiger partial charge in [-0.1, -0.05) is 194 Å². The molecule has 60 heavy (non-hydrogen) atoms. The second kappa shape index (κ2) is 30.2. The van der Waals surface area contributed by atoms with E-state index in [0.717, 1.165) is 56.3 Å². The standard InChI is InChI=1S/C57H90O3/c1-7-10-13-16-19-22-25-28-31-34-37-58-55-43-52-49(40-46(55)4)53-44-56(59-38-35-32-29-26-23-20-17-14-11-8-2)48(6)42-51(53)54-45-57(47(5)41-50(52)54)60-39-36-33-30-27-24-21-18-15-12-9-3/h40-45H,7-39H2,1-6H3. The Kier molecular flexibility index (Phi) is 25.0. The highest BCUT2D eigenvalue weighted by Gasteiger charge is 2.17. The lowest BCUT2D eigenvalue weighted by atomic mass is 9.91. The third-order valence-electron chi connectivity index (χ3n) is 13.1. The van der Waals surface area contributed by atoms with Gasteiger partial charge in [0.15, 0.2) is 0 Å². The van der Waals surface area contributed by atoms with E-state index in [1.165, 1.54) is 222 Å². The van der Waals surface area contributed by atoms with Crippen molar-refractivity contribution in [1.29, 1.82) is 0 Å². The molecule has 0 aliphatic heterocycles. The molecule has 0 aliphatic carbocycles. The fourth-order valence-corrected chi connectivity index (χ4v) is 9.18. The lowest BCUT2D eigenvalue weighted by Crippen LogP contribution is -2.01. The van der Waals surface area contributed by atoms with Gasteiger partial charge in [-0.3, -0.25) is 0 Å². The van der Waals surface area contributed by atoms with Crippen molar-refractivity contribution in [2.45, 2.75) is 234 Å². The normalized spacial score (nSPS) is 11.7. The van der Waals surface area contributed by atoms with E-state index in [9.17, 15) is 0 Å². The monoisotopic (exact) mass is 823 g/mol. The Bertz CT molecular complexity index is 1520. The first-order chi connectivity index (χ1) is 29.5. The number of hydrogen-bond acceptors (Lipinski definition) is 3. The SMILES string of the molecule is CCCCCCCCCCCCOc1cc2c(cc1C)c1cc(OCCCCCCCCCCCC)c(C)cc1c1cc(OCCCCCCCCCCCC)c(C)cc21. The van der Waals surface area contributed by atoms with Gasteiger partial charge >= 0.3 is 0 Å². The van der Waals surface area contributed by atoms with Gasteiger partial charge in [-0.15, -0.1) is 0 Å². The molecule has 0 unspecified atom stereocenters. The van der Waals surface area contributed by atoms with Crippen molar-refractivity contribution in [2.75, 3.05) is 19.8 Å². The van der Waals surface area contributed by atoms with Gasteiger partial charge in [0.2, 0.25) is 0 Å². The van der Waals surface area contributed by atoms with Crippen LogP contribution in [0, 0.1) is 20.8 Å². The molecule has 0 atom stereocenters. The van der Waals surface area contributed by atoms with Gasteiger partial charge in [-0.25, -0.2) is 0 Å². The molecule has 0 heterocycles. The third-order valence-corrected chi connectivity index (χ3v) is 13.1. The zero-order chi connectivity index (χ0) is 42.6. The first kappa shape index (κ1) is 49.7. The topological polar surface area (TPSA) is 27.7 Å². The maximum absolute atomic E-state index is 6.57. The van der Waals surface area contributed by atoms with E-state index in [0.29, 0.717) is 0 Å². The summed E-state index contributed by atoms with van der Waals surface area (Å²) in [4.78, 5) is 0. The Balaban J connectivity index is 1.45. The van der Waals surface area contributed by atoms with Crippen molar-refractivity contribution in [3.63, 3.8) is 0 Å². The molecular formula is C57H90O3. The molecule has 3 nitrogen and oxygen atoms in total. The average molecular weight is 823 g/mol. The molecule has 0 radical (unpaired) electrons. The Morgan fingerprint density at radius 1 is 0.250 bits per heavy atom. The van der Waals surface area contributed by atoms with E-state index in [1.54, 1.807) is 0 Å². The highest BCUT2D eigenvalue weighted by Crippen LogP contribution is 2.42. The number of benzene rings is 4. The molecule has 0 aliphatic rings. The third kappa shape index (κ3) is 17.4. The summed E-state index contributed by atoms with van der Waals surface area (Å²) in [5, 5.41) is 7.62. The summed E-state index contributed by atoms with van der Waals surface area (Å²) in [5.74, 6) is 3.05. The van der Waals surface area contributed by atoms with Crippen molar-refractivity contribution in [2.24, 2.45) is 0 Å². The molecular weight excluding hydrogens is 733 g/mol. The van der Waals surface area contributed by atoms with Crippen LogP contribution in [0.4, 0.5) is 0 Å². The fourth-order valence-electron chi connectivity index (χ4n) is 9.18. The zero-order valence-corrected chi connectivity index (χ0v) is 40.0. The van der Waals surface area contributed by atoms with E-state index in [2.05, 4.69) is 77.9 Å². The second-order valence-corrected chi connectivity index (χ2v) is 18.6. The van der Waals surface area contributed by atoms with Gasteiger partial charge in [0.1, 0.15) is 17.2 Å². The molecule has 4 aromatic carbocycles. The van der Waals surface area contributed by atoms with Gasteiger partial charge in [-0.2, -0.15) is 0 Å². The summed E-state index contributed by atoms with van der Waals surface area (Å²) in [6.07, 6.45) is 40.0. The highest BCUT2D eigenvalue weighted by atomic mass is 16.5. The Morgan fingerprint density at radius 3 is 0.650 bits per heavy atom. The quantitative estimate of drug-likeness (QED) is 0.0338. The molecule has 0 fully saturated rings. The van der Waals surface area contributed by atoms with Crippen LogP contribution in [0.5, 0.6) is 17.2 Å². The maximum Gasteiger partial charge on any atom is 0.122 e. The summed E-state index contributed by atoms with van der Waals surface area (Å²) in [6.45, 7) is 15.9. The number of hydrogen-bond donors (Lipinski definition) is 0. The van der Waals surface area contributed by atoms with Crippen LogP contribution in [0.15, 0.2) is 36.4 Å². The molecule has 0 saturated heterocycles. The minimum atomic E-state index is 0.778. The largest absolute Gasteiger partial charge is 0.493 e. The van der Waals surface area contributed by atoms with Crippen molar-refractivity contribution in [1.82, 2.24) is 0 Å². The van der Waals surface area contributed by atoms with E-state index >= 15 is 0 Å². The van der Waals surface area contributed by atoms with Crippen LogP contribution >= 0.6 is 0 Å². The van der Waals surface area contributed by atoms with Crippen LogP contribution in [0.1, 0.15) is 230 Å².